The van der Waals surface area contributed by atoms with Crippen molar-refractivity contribution in [2.24, 2.45) is 4.99 Å². The summed E-state index contributed by atoms with van der Waals surface area (Å²) in [6.45, 7) is 3.88. The summed E-state index contributed by atoms with van der Waals surface area (Å²) in [5.41, 5.74) is 4.11. The first-order chi connectivity index (χ1) is 19.6. The highest BCUT2D eigenvalue weighted by molar-refractivity contribution is 14.1. The lowest BCUT2D eigenvalue weighted by atomic mass is 10.1. The second-order valence-corrected chi connectivity index (χ2v) is 11.3. The molecule has 0 N–H and O–H groups in total. The van der Waals surface area contributed by atoms with Crippen LogP contribution >= 0.6 is 34.4 Å². The maximum Gasteiger partial charge on any atom is 0.267 e. The molecular formula is C33H29IN2O3S. The molecule has 5 rings (SSSR count). The van der Waals surface area contributed by atoms with Gasteiger partial charge in [-0.3, -0.25) is 14.7 Å². The number of halogens is 1. The fourth-order valence-electron chi connectivity index (χ4n) is 4.23. The average molecular weight is 661 g/mol. The molecule has 0 saturated carbocycles. The highest BCUT2D eigenvalue weighted by Gasteiger charge is 2.33. The number of thioether (sulfide) groups is 1. The molecule has 1 heterocycles. The lowest BCUT2D eigenvalue weighted by molar-refractivity contribution is -0.122. The summed E-state index contributed by atoms with van der Waals surface area (Å²) < 4.78 is 13.1. The van der Waals surface area contributed by atoms with E-state index >= 15 is 0 Å². The maximum atomic E-state index is 13.7. The highest BCUT2D eigenvalue weighted by atomic mass is 127. The Bertz CT molecular complexity index is 1510. The van der Waals surface area contributed by atoms with Crippen molar-refractivity contribution >= 4 is 51.5 Å². The van der Waals surface area contributed by atoms with Crippen LogP contribution < -0.4 is 9.47 Å². The topological polar surface area (TPSA) is 51.1 Å². The van der Waals surface area contributed by atoms with Crippen LogP contribution in [0.2, 0.25) is 0 Å². The molecule has 1 fully saturated rings. The van der Waals surface area contributed by atoms with Crippen LogP contribution in [0.5, 0.6) is 11.5 Å². The molecule has 1 amide bonds. The lowest BCUT2D eigenvalue weighted by Crippen LogP contribution is -2.28. The fourth-order valence-corrected chi connectivity index (χ4v) is 5.99. The van der Waals surface area contributed by atoms with Crippen LogP contribution in [0.15, 0.2) is 113 Å². The zero-order valence-corrected chi connectivity index (χ0v) is 25.1. The predicted molar refractivity (Wildman–Crippen MR) is 171 cm³/mol. The van der Waals surface area contributed by atoms with Crippen molar-refractivity contribution < 1.29 is 14.3 Å². The third kappa shape index (κ3) is 7.14. The standard InChI is InChI=1S/C33H29IN2O3S/c1-2-38-29-19-27(18-28(34)31(29)39-23-26-16-10-5-11-17-26)20-30-32(37)36(22-25-14-8-4-9-15-25)33(40-30)35-21-24-12-6-3-7-13-24/h3-20H,2,21-23H2,1H3/b30-20-,35-33?. The van der Waals surface area contributed by atoms with Gasteiger partial charge in [0.05, 0.1) is 28.2 Å². The van der Waals surface area contributed by atoms with Crippen molar-refractivity contribution in [3.8, 4) is 11.5 Å². The third-order valence-electron chi connectivity index (χ3n) is 6.17. The maximum absolute atomic E-state index is 13.7. The number of carbonyl (C=O) groups excluding carboxylic acids is 1. The number of ether oxygens (including phenoxy) is 2. The summed E-state index contributed by atoms with van der Waals surface area (Å²) in [5, 5.41) is 0.700. The Kier molecular flexibility index (Phi) is 9.57. The van der Waals surface area contributed by atoms with E-state index in [1.165, 1.54) is 11.8 Å². The molecule has 0 unspecified atom stereocenters. The van der Waals surface area contributed by atoms with E-state index in [4.69, 9.17) is 14.5 Å². The van der Waals surface area contributed by atoms with Gasteiger partial charge in [0.25, 0.3) is 5.91 Å². The first-order valence-corrected chi connectivity index (χ1v) is 15.0. The van der Waals surface area contributed by atoms with Crippen LogP contribution in [0, 0.1) is 3.57 Å². The number of benzene rings is 4. The predicted octanol–water partition coefficient (Wildman–Crippen LogP) is 7.94. The summed E-state index contributed by atoms with van der Waals surface area (Å²) in [7, 11) is 0. The summed E-state index contributed by atoms with van der Waals surface area (Å²) in [6.07, 6.45) is 1.92. The van der Waals surface area contributed by atoms with Gasteiger partial charge in [-0.1, -0.05) is 91.0 Å². The van der Waals surface area contributed by atoms with Crippen LogP contribution in [-0.4, -0.2) is 22.6 Å². The molecule has 0 spiro atoms. The van der Waals surface area contributed by atoms with Gasteiger partial charge in [0.15, 0.2) is 16.7 Å². The summed E-state index contributed by atoms with van der Waals surface area (Å²) in [6, 6.07) is 34.1. The smallest absolute Gasteiger partial charge is 0.267 e. The number of hydrogen-bond acceptors (Lipinski definition) is 5. The number of aliphatic imine (C=N–C) groups is 1. The van der Waals surface area contributed by atoms with E-state index in [1.807, 2.05) is 116 Å². The normalized spacial score (nSPS) is 15.2. The summed E-state index contributed by atoms with van der Waals surface area (Å²) in [4.78, 5) is 20.9. The van der Waals surface area contributed by atoms with Gasteiger partial charge in [0.1, 0.15) is 6.61 Å². The van der Waals surface area contributed by atoms with Gasteiger partial charge in [-0.25, -0.2) is 0 Å². The SMILES string of the molecule is CCOc1cc(/C=C2\SC(=NCc3ccccc3)N(Cc3ccccc3)C2=O)cc(I)c1OCc1ccccc1. The van der Waals surface area contributed by atoms with Crippen LogP contribution in [0.25, 0.3) is 6.08 Å². The number of amidine groups is 1. The first kappa shape index (κ1) is 28.0. The molecule has 4 aromatic carbocycles. The first-order valence-electron chi connectivity index (χ1n) is 13.1. The van der Waals surface area contributed by atoms with Gasteiger partial charge in [0, 0.05) is 0 Å². The van der Waals surface area contributed by atoms with Crippen LogP contribution in [0.1, 0.15) is 29.2 Å². The molecule has 0 atom stereocenters. The molecule has 1 saturated heterocycles. The zero-order valence-electron chi connectivity index (χ0n) is 22.1. The Morgan fingerprint density at radius 3 is 2.12 bits per heavy atom. The largest absolute Gasteiger partial charge is 0.490 e. The molecule has 0 radical (unpaired) electrons. The Labute approximate surface area is 253 Å². The van der Waals surface area contributed by atoms with Crippen LogP contribution in [0.3, 0.4) is 0 Å². The van der Waals surface area contributed by atoms with Gasteiger partial charge in [-0.05, 0) is 81.7 Å². The Hall–Kier alpha value is -3.56. The number of nitrogens with zero attached hydrogens (tertiary/aromatic N) is 2. The van der Waals surface area contributed by atoms with Crippen LogP contribution in [-0.2, 0) is 24.5 Å². The van der Waals surface area contributed by atoms with E-state index in [9.17, 15) is 4.79 Å². The molecule has 5 nitrogen and oxygen atoms in total. The number of carbonyl (C=O) groups is 1. The molecule has 0 aliphatic carbocycles. The van der Waals surface area contributed by atoms with Crippen molar-refractivity contribution in [3.05, 3.63) is 134 Å². The average Bonchev–Trinajstić information content (AvgIpc) is 3.26. The van der Waals surface area contributed by atoms with E-state index in [2.05, 4.69) is 22.6 Å². The second-order valence-electron chi connectivity index (χ2n) is 9.11. The highest BCUT2D eigenvalue weighted by Crippen LogP contribution is 2.38. The molecule has 1 aliphatic rings. The van der Waals surface area contributed by atoms with Gasteiger partial charge in [-0.15, -0.1) is 0 Å². The van der Waals surface area contributed by atoms with Crippen molar-refractivity contribution in [1.29, 1.82) is 0 Å². The van der Waals surface area contributed by atoms with Crippen LogP contribution in [0.4, 0.5) is 0 Å². The molecule has 40 heavy (non-hydrogen) atoms. The van der Waals surface area contributed by atoms with Crippen molar-refractivity contribution in [3.63, 3.8) is 0 Å². The molecular weight excluding hydrogens is 631 g/mol. The van der Waals surface area contributed by atoms with E-state index in [-0.39, 0.29) is 5.91 Å². The van der Waals surface area contributed by atoms with Gasteiger partial charge >= 0.3 is 0 Å². The molecule has 4 aromatic rings. The van der Waals surface area contributed by atoms with Crippen molar-refractivity contribution in [2.45, 2.75) is 26.6 Å². The number of amides is 1. The summed E-state index contributed by atoms with van der Waals surface area (Å²) in [5.74, 6) is 1.31. The second kappa shape index (κ2) is 13.7. The van der Waals surface area contributed by atoms with E-state index in [1.54, 1.807) is 4.90 Å². The quantitative estimate of drug-likeness (QED) is 0.128. The fraction of sp³-hybridized carbons (Fsp3) is 0.152. The molecule has 0 aromatic heterocycles. The Morgan fingerprint density at radius 2 is 1.48 bits per heavy atom. The number of hydrogen-bond donors (Lipinski definition) is 0. The minimum Gasteiger partial charge on any atom is -0.490 e. The minimum absolute atomic E-state index is 0.0574. The minimum atomic E-state index is -0.0574. The van der Waals surface area contributed by atoms with E-state index in [0.717, 1.165) is 25.8 Å². The monoisotopic (exact) mass is 660 g/mol. The molecule has 202 valence electrons. The van der Waals surface area contributed by atoms with Gasteiger partial charge in [-0.2, -0.15) is 0 Å². The molecule has 1 aliphatic heterocycles. The zero-order chi connectivity index (χ0) is 27.7. The van der Waals surface area contributed by atoms with E-state index < -0.39 is 0 Å². The van der Waals surface area contributed by atoms with Gasteiger partial charge < -0.3 is 9.47 Å². The Balaban J connectivity index is 1.42. The lowest BCUT2D eigenvalue weighted by Gasteiger charge is -2.16. The Morgan fingerprint density at radius 1 is 0.850 bits per heavy atom. The van der Waals surface area contributed by atoms with Crippen molar-refractivity contribution in [2.75, 3.05) is 6.61 Å². The molecule has 7 heteroatoms. The molecule has 0 bridgehead atoms. The third-order valence-corrected chi connectivity index (χ3v) is 8.01. The van der Waals surface area contributed by atoms with Gasteiger partial charge in [0.2, 0.25) is 0 Å². The van der Waals surface area contributed by atoms with E-state index in [0.29, 0.717) is 47.9 Å². The summed E-state index contributed by atoms with van der Waals surface area (Å²) >= 11 is 3.68. The number of rotatable bonds is 10. The van der Waals surface area contributed by atoms with Crippen molar-refractivity contribution in [1.82, 2.24) is 4.90 Å².